The van der Waals surface area contributed by atoms with Crippen molar-refractivity contribution < 1.29 is 0 Å². The number of pyridine rings is 1. The summed E-state index contributed by atoms with van der Waals surface area (Å²) in [5.41, 5.74) is 1.43. The first-order valence-corrected chi connectivity index (χ1v) is 7.18. The fourth-order valence-electron chi connectivity index (χ4n) is 3.17. The molecule has 1 aliphatic carbocycles. The molecule has 0 radical (unpaired) electrons. The predicted molar refractivity (Wildman–Crippen MR) is 73.4 cm³/mol. The lowest BCUT2D eigenvalue weighted by atomic mass is 9.85. The molecule has 0 bridgehead atoms. The van der Waals surface area contributed by atoms with Gasteiger partial charge in [0.05, 0.1) is 0 Å². The number of nitrogens with one attached hydrogen (secondary N) is 1. The van der Waals surface area contributed by atoms with Crippen molar-refractivity contribution in [1.82, 2.24) is 15.2 Å². The van der Waals surface area contributed by atoms with Gasteiger partial charge in [-0.05, 0) is 62.9 Å². The Morgan fingerprint density at radius 3 is 2.78 bits per heavy atom. The van der Waals surface area contributed by atoms with Gasteiger partial charge in [-0.15, -0.1) is 0 Å². The van der Waals surface area contributed by atoms with E-state index in [1.54, 1.807) is 0 Å². The molecule has 18 heavy (non-hydrogen) atoms. The van der Waals surface area contributed by atoms with Gasteiger partial charge in [-0.1, -0.05) is 0 Å². The minimum Gasteiger partial charge on any atom is -0.314 e. The lowest BCUT2D eigenvalue weighted by Crippen LogP contribution is -2.40. The average molecular weight is 245 g/mol. The van der Waals surface area contributed by atoms with E-state index in [-0.39, 0.29) is 0 Å². The fourth-order valence-corrected chi connectivity index (χ4v) is 3.17. The number of aromatic nitrogens is 1. The van der Waals surface area contributed by atoms with Crippen LogP contribution in [0, 0.1) is 5.92 Å². The molecule has 3 nitrogen and oxygen atoms in total. The fraction of sp³-hybridized carbons (Fsp3) is 0.667. The molecule has 98 valence electrons. The molecular weight excluding hydrogens is 222 g/mol. The Morgan fingerprint density at radius 2 is 2.06 bits per heavy atom. The maximum Gasteiger partial charge on any atom is 0.0386 e. The van der Waals surface area contributed by atoms with Gasteiger partial charge in [-0.25, -0.2) is 0 Å². The Bertz CT molecular complexity index is 375. The van der Waals surface area contributed by atoms with Crippen LogP contribution >= 0.6 is 0 Å². The van der Waals surface area contributed by atoms with Crippen LogP contribution < -0.4 is 5.32 Å². The second kappa shape index (κ2) is 5.37. The lowest BCUT2D eigenvalue weighted by Gasteiger charge is -2.39. The van der Waals surface area contributed by atoms with E-state index >= 15 is 0 Å². The van der Waals surface area contributed by atoms with Crippen LogP contribution in [-0.4, -0.2) is 36.1 Å². The summed E-state index contributed by atoms with van der Waals surface area (Å²) >= 11 is 0. The van der Waals surface area contributed by atoms with Gasteiger partial charge in [-0.2, -0.15) is 0 Å². The van der Waals surface area contributed by atoms with E-state index in [4.69, 9.17) is 0 Å². The Kier molecular flexibility index (Phi) is 3.62. The molecule has 1 saturated carbocycles. The van der Waals surface area contributed by atoms with Crippen LogP contribution in [0.15, 0.2) is 24.5 Å². The molecule has 2 heterocycles. The quantitative estimate of drug-likeness (QED) is 0.881. The molecule has 1 aromatic heterocycles. The molecular formula is C15H23N3. The van der Waals surface area contributed by atoms with E-state index in [1.807, 2.05) is 12.4 Å². The maximum atomic E-state index is 4.14. The predicted octanol–water partition coefficient (Wildman–Crippen LogP) is 2.22. The third kappa shape index (κ3) is 2.73. The normalized spacial score (nSPS) is 29.4. The van der Waals surface area contributed by atoms with Crippen LogP contribution in [0.1, 0.15) is 37.3 Å². The van der Waals surface area contributed by atoms with Gasteiger partial charge < -0.3 is 5.32 Å². The van der Waals surface area contributed by atoms with Crippen LogP contribution in [0.2, 0.25) is 0 Å². The van der Waals surface area contributed by atoms with Crippen LogP contribution in [0.5, 0.6) is 0 Å². The van der Waals surface area contributed by atoms with Crippen molar-refractivity contribution in [2.45, 2.75) is 37.8 Å². The van der Waals surface area contributed by atoms with E-state index in [0.717, 1.165) is 12.0 Å². The molecule has 2 atom stereocenters. The molecule has 3 rings (SSSR count). The third-order valence-electron chi connectivity index (χ3n) is 4.30. The van der Waals surface area contributed by atoms with Gasteiger partial charge in [0.2, 0.25) is 0 Å². The summed E-state index contributed by atoms with van der Waals surface area (Å²) in [5.74, 6) is 0.742. The number of likely N-dealkylation sites (tertiary alicyclic amines) is 1. The molecule has 1 aromatic rings. The molecule has 2 unspecified atom stereocenters. The molecule has 0 amide bonds. The zero-order chi connectivity index (χ0) is 12.4. The highest BCUT2D eigenvalue weighted by atomic mass is 15.1. The highest BCUT2D eigenvalue weighted by Gasteiger charge is 2.31. The summed E-state index contributed by atoms with van der Waals surface area (Å²) in [6.45, 7) is 2.38. The van der Waals surface area contributed by atoms with Crippen LogP contribution in [0.25, 0.3) is 0 Å². The van der Waals surface area contributed by atoms with E-state index in [0.29, 0.717) is 6.04 Å². The van der Waals surface area contributed by atoms with Gasteiger partial charge >= 0.3 is 0 Å². The van der Waals surface area contributed by atoms with Crippen molar-refractivity contribution in [2.24, 2.45) is 5.92 Å². The summed E-state index contributed by atoms with van der Waals surface area (Å²) in [4.78, 5) is 6.65. The Morgan fingerprint density at radius 1 is 1.28 bits per heavy atom. The van der Waals surface area contributed by atoms with Crippen molar-refractivity contribution >= 4 is 0 Å². The first-order chi connectivity index (χ1) is 8.84. The van der Waals surface area contributed by atoms with Gasteiger partial charge in [0.1, 0.15) is 0 Å². The molecule has 1 aliphatic heterocycles. The molecule has 1 saturated heterocycles. The first kappa shape index (κ1) is 12.1. The second-order valence-electron chi connectivity index (χ2n) is 5.79. The SMILES string of the molecule is CN1CCCC(CNC2CC2)C1c1ccncc1. The minimum absolute atomic E-state index is 0.563. The molecule has 2 fully saturated rings. The minimum atomic E-state index is 0.563. The molecule has 2 aliphatic rings. The Hall–Kier alpha value is -0.930. The monoisotopic (exact) mass is 245 g/mol. The van der Waals surface area contributed by atoms with E-state index in [9.17, 15) is 0 Å². The maximum absolute atomic E-state index is 4.14. The van der Waals surface area contributed by atoms with Crippen molar-refractivity contribution in [1.29, 1.82) is 0 Å². The molecule has 0 spiro atoms. The number of nitrogens with zero attached hydrogens (tertiary/aromatic N) is 2. The van der Waals surface area contributed by atoms with Crippen LogP contribution in [-0.2, 0) is 0 Å². The van der Waals surface area contributed by atoms with Crippen molar-refractivity contribution in [3.8, 4) is 0 Å². The van der Waals surface area contributed by atoms with Gasteiger partial charge in [0, 0.05) is 31.0 Å². The highest BCUT2D eigenvalue weighted by molar-refractivity contribution is 5.17. The highest BCUT2D eigenvalue weighted by Crippen LogP contribution is 2.34. The van der Waals surface area contributed by atoms with Crippen molar-refractivity contribution in [3.05, 3.63) is 30.1 Å². The molecule has 1 N–H and O–H groups in total. The number of piperidine rings is 1. The Labute approximate surface area is 110 Å². The van der Waals surface area contributed by atoms with Crippen molar-refractivity contribution in [2.75, 3.05) is 20.1 Å². The third-order valence-corrected chi connectivity index (χ3v) is 4.30. The second-order valence-corrected chi connectivity index (χ2v) is 5.79. The summed E-state index contributed by atoms with van der Waals surface area (Å²) in [6.07, 6.45) is 9.27. The molecule has 0 aromatic carbocycles. The number of hydrogen-bond donors (Lipinski definition) is 1. The summed E-state index contributed by atoms with van der Waals surface area (Å²) in [7, 11) is 2.26. The van der Waals surface area contributed by atoms with E-state index in [2.05, 4.69) is 34.4 Å². The Balaban J connectivity index is 1.72. The molecule has 3 heteroatoms. The van der Waals surface area contributed by atoms with E-state index < -0.39 is 0 Å². The van der Waals surface area contributed by atoms with Gasteiger partial charge in [0.25, 0.3) is 0 Å². The number of rotatable bonds is 4. The summed E-state index contributed by atoms with van der Waals surface area (Å²) in [5, 5.41) is 3.70. The van der Waals surface area contributed by atoms with Crippen LogP contribution in [0.3, 0.4) is 0 Å². The largest absolute Gasteiger partial charge is 0.314 e. The zero-order valence-electron chi connectivity index (χ0n) is 11.2. The average Bonchev–Trinajstić information content (AvgIpc) is 3.21. The standard InChI is InChI=1S/C15H23N3/c1-18-10-2-3-13(11-17-14-4-5-14)15(18)12-6-8-16-9-7-12/h6-9,13-15,17H,2-5,10-11H2,1H3. The number of hydrogen-bond acceptors (Lipinski definition) is 3. The van der Waals surface area contributed by atoms with Crippen LogP contribution in [0.4, 0.5) is 0 Å². The van der Waals surface area contributed by atoms with E-state index in [1.165, 1.54) is 44.3 Å². The summed E-state index contributed by atoms with van der Waals surface area (Å²) < 4.78 is 0. The smallest absolute Gasteiger partial charge is 0.0386 e. The first-order valence-electron chi connectivity index (χ1n) is 7.18. The topological polar surface area (TPSA) is 28.2 Å². The summed E-state index contributed by atoms with van der Waals surface area (Å²) in [6, 6.07) is 5.73. The zero-order valence-corrected chi connectivity index (χ0v) is 11.2. The lowest BCUT2D eigenvalue weighted by molar-refractivity contribution is 0.119. The van der Waals surface area contributed by atoms with Gasteiger partial charge in [-0.3, -0.25) is 9.88 Å². The van der Waals surface area contributed by atoms with Gasteiger partial charge in [0.15, 0.2) is 0 Å². The van der Waals surface area contributed by atoms with Crippen molar-refractivity contribution in [3.63, 3.8) is 0 Å².